The fourth-order valence-corrected chi connectivity index (χ4v) is 4.36. The molecule has 1 amide bonds. The summed E-state index contributed by atoms with van der Waals surface area (Å²) in [5.41, 5.74) is 0.879. The van der Waals surface area contributed by atoms with Crippen LogP contribution in [0.5, 0.6) is 0 Å². The third kappa shape index (κ3) is 2.92. The first-order valence-corrected chi connectivity index (χ1v) is 9.09. The van der Waals surface area contributed by atoms with E-state index in [4.69, 9.17) is 0 Å². The van der Waals surface area contributed by atoms with Gasteiger partial charge in [-0.05, 0) is 45.1 Å². The quantitative estimate of drug-likeness (QED) is 0.868. The van der Waals surface area contributed by atoms with E-state index in [1.165, 1.54) is 28.7 Å². The molecule has 1 fully saturated rings. The van der Waals surface area contributed by atoms with Gasteiger partial charge in [0.05, 0.1) is 11.7 Å². The summed E-state index contributed by atoms with van der Waals surface area (Å²) < 4.78 is 1.46. The fourth-order valence-electron chi connectivity index (χ4n) is 3.37. The van der Waals surface area contributed by atoms with Crippen LogP contribution in [-0.2, 0) is 11.3 Å². The number of rotatable bonds is 3. The molecule has 0 aliphatic carbocycles. The van der Waals surface area contributed by atoms with Crippen LogP contribution in [0.1, 0.15) is 43.0 Å². The summed E-state index contributed by atoms with van der Waals surface area (Å²) in [6.45, 7) is 6.95. The molecule has 6 heteroatoms. The van der Waals surface area contributed by atoms with Gasteiger partial charge >= 0.3 is 0 Å². The highest BCUT2D eigenvalue weighted by Crippen LogP contribution is 2.25. The first-order valence-electron chi connectivity index (χ1n) is 8.27. The third-order valence-electron chi connectivity index (χ3n) is 4.88. The van der Waals surface area contributed by atoms with E-state index in [-0.39, 0.29) is 18.0 Å². The van der Waals surface area contributed by atoms with Gasteiger partial charge in [0.25, 0.3) is 5.56 Å². The van der Waals surface area contributed by atoms with Gasteiger partial charge in [0.2, 0.25) is 5.91 Å². The van der Waals surface area contributed by atoms with Crippen LogP contribution in [0.15, 0.2) is 11.1 Å². The van der Waals surface area contributed by atoms with E-state index >= 15 is 0 Å². The molecule has 0 saturated carbocycles. The lowest BCUT2D eigenvalue weighted by molar-refractivity contribution is -0.135. The number of carbonyl (C=O) groups is 1. The summed E-state index contributed by atoms with van der Waals surface area (Å²) in [7, 11) is 0. The van der Waals surface area contributed by atoms with Crippen molar-refractivity contribution in [2.75, 3.05) is 6.54 Å². The average Bonchev–Trinajstić information content (AvgIpc) is 2.85. The molecule has 3 heterocycles. The van der Waals surface area contributed by atoms with Crippen molar-refractivity contribution in [1.82, 2.24) is 14.5 Å². The van der Waals surface area contributed by atoms with Gasteiger partial charge in [0.1, 0.15) is 11.4 Å². The zero-order valence-corrected chi connectivity index (χ0v) is 14.8. The Hall–Kier alpha value is -1.69. The molecule has 0 radical (unpaired) electrons. The predicted molar refractivity (Wildman–Crippen MR) is 93.0 cm³/mol. The Labute approximate surface area is 139 Å². The zero-order valence-electron chi connectivity index (χ0n) is 14.0. The van der Waals surface area contributed by atoms with Gasteiger partial charge in [-0.15, -0.1) is 11.3 Å². The van der Waals surface area contributed by atoms with Crippen molar-refractivity contribution in [1.29, 1.82) is 0 Å². The molecular weight excluding hydrogens is 310 g/mol. The number of piperidine rings is 1. The van der Waals surface area contributed by atoms with Crippen molar-refractivity contribution in [2.45, 2.75) is 59.0 Å². The second-order valence-electron chi connectivity index (χ2n) is 6.29. The number of fused-ring (bicyclic) bond motifs is 1. The normalized spacial score (nSPS) is 18.6. The molecule has 23 heavy (non-hydrogen) atoms. The Morgan fingerprint density at radius 2 is 2.17 bits per heavy atom. The molecule has 1 aliphatic heterocycles. The van der Waals surface area contributed by atoms with Crippen LogP contribution >= 0.6 is 11.3 Å². The second kappa shape index (κ2) is 6.43. The molecular formula is C17H23N3O2S. The predicted octanol–water partition coefficient (Wildman–Crippen LogP) is 2.87. The number of thiophene rings is 1. The first kappa shape index (κ1) is 16.2. The lowest BCUT2D eigenvalue weighted by atomic mass is 10.00. The minimum absolute atomic E-state index is 0.0319. The van der Waals surface area contributed by atoms with Crippen molar-refractivity contribution >= 4 is 27.5 Å². The van der Waals surface area contributed by atoms with Crippen LogP contribution in [-0.4, -0.2) is 32.9 Å². The Kier molecular flexibility index (Phi) is 4.53. The number of nitrogens with zero attached hydrogens (tertiary/aromatic N) is 3. The summed E-state index contributed by atoms with van der Waals surface area (Å²) >= 11 is 1.53. The van der Waals surface area contributed by atoms with Crippen LogP contribution in [0, 0.1) is 13.8 Å². The Balaban J connectivity index is 1.89. The number of hydrogen-bond acceptors (Lipinski definition) is 4. The lowest BCUT2D eigenvalue weighted by Crippen LogP contribution is -2.45. The summed E-state index contributed by atoms with van der Waals surface area (Å²) in [5, 5.41) is 0.661. The largest absolute Gasteiger partial charge is 0.338 e. The summed E-state index contributed by atoms with van der Waals surface area (Å²) in [5.74, 6) is 0.0319. The monoisotopic (exact) mass is 333 g/mol. The van der Waals surface area contributed by atoms with Crippen molar-refractivity contribution in [3.63, 3.8) is 0 Å². The van der Waals surface area contributed by atoms with E-state index in [2.05, 4.69) is 11.9 Å². The molecule has 3 rings (SSSR count). The van der Waals surface area contributed by atoms with Crippen molar-refractivity contribution in [3.05, 3.63) is 27.1 Å². The standard InChI is InChI=1S/C17H23N3O2S/c1-4-13-7-5-6-8-20(13)14(21)9-19-10-18-16-15(17(19)22)11(2)12(3)23-16/h10,13H,4-9H2,1-3H3. The van der Waals surface area contributed by atoms with Crippen molar-refractivity contribution < 1.29 is 4.79 Å². The van der Waals surface area contributed by atoms with Gasteiger partial charge in [-0.2, -0.15) is 0 Å². The zero-order chi connectivity index (χ0) is 16.6. The smallest absolute Gasteiger partial charge is 0.262 e. The maximum atomic E-state index is 12.7. The minimum atomic E-state index is -0.102. The molecule has 124 valence electrons. The van der Waals surface area contributed by atoms with E-state index < -0.39 is 0 Å². The number of aryl methyl sites for hydroxylation is 2. The number of aromatic nitrogens is 2. The SMILES string of the molecule is CCC1CCCCN1C(=O)Cn1cnc2sc(C)c(C)c2c1=O. The van der Waals surface area contributed by atoms with Crippen molar-refractivity contribution in [2.24, 2.45) is 0 Å². The summed E-state index contributed by atoms with van der Waals surface area (Å²) in [6, 6.07) is 0.314. The number of carbonyl (C=O) groups excluding carboxylic acids is 1. The van der Waals surface area contributed by atoms with Gasteiger partial charge < -0.3 is 4.90 Å². The highest BCUT2D eigenvalue weighted by molar-refractivity contribution is 7.18. The fraction of sp³-hybridized carbons (Fsp3) is 0.588. The Bertz CT molecular complexity index is 793. The number of hydrogen-bond donors (Lipinski definition) is 0. The third-order valence-corrected chi connectivity index (χ3v) is 6.00. The average molecular weight is 333 g/mol. The Morgan fingerprint density at radius 3 is 2.91 bits per heavy atom. The highest BCUT2D eigenvalue weighted by atomic mass is 32.1. The van der Waals surface area contributed by atoms with E-state index in [0.717, 1.165) is 41.1 Å². The highest BCUT2D eigenvalue weighted by Gasteiger charge is 2.25. The lowest BCUT2D eigenvalue weighted by Gasteiger charge is -2.35. The molecule has 1 atom stereocenters. The van der Waals surface area contributed by atoms with Crippen LogP contribution < -0.4 is 5.56 Å². The maximum Gasteiger partial charge on any atom is 0.262 e. The van der Waals surface area contributed by atoms with E-state index in [1.807, 2.05) is 18.7 Å². The maximum absolute atomic E-state index is 12.7. The number of likely N-dealkylation sites (tertiary alicyclic amines) is 1. The molecule has 2 aromatic rings. The topological polar surface area (TPSA) is 55.2 Å². The van der Waals surface area contributed by atoms with Crippen LogP contribution in [0.25, 0.3) is 10.2 Å². The van der Waals surface area contributed by atoms with Gasteiger partial charge in [0.15, 0.2) is 0 Å². The van der Waals surface area contributed by atoms with Crippen LogP contribution in [0.3, 0.4) is 0 Å². The second-order valence-corrected chi connectivity index (χ2v) is 7.49. The van der Waals surface area contributed by atoms with E-state index in [9.17, 15) is 9.59 Å². The first-order chi connectivity index (χ1) is 11.0. The van der Waals surface area contributed by atoms with E-state index in [0.29, 0.717) is 11.4 Å². The van der Waals surface area contributed by atoms with Crippen molar-refractivity contribution in [3.8, 4) is 0 Å². The molecule has 5 nitrogen and oxygen atoms in total. The molecule has 0 bridgehead atoms. The summed E-state index contributed by atoms with van der Waals surface area (Å²) in [6.07, 6.45) is 5.79. The van der Waals surface area contributed by atoms with Gasteiger partial charge in [-0.1, -0.05) is 6.92 Å². The molecule has 0 N–H and O–H groups in total. The van der Waals surface area contributed by atoms with Gasteiger partial charge in [-0.3, -0.25) is 14.2 Å². The minimum Gasteiger partial charge on any atom is -0.338 e. The van der Waals surface area contributed by atoms with Crippen LogP contribution in [0.4, 0.5) is 0 Å². The molecule has 1 unspecified atom stereocenters. The van der Waals surface area contributed by atoms with Gasteiger partial charge in [0, 0.05) is 17.5 Å². The molecule has 0 spiro atoms. The summed E-state index contributed by atoms with van der Waals surface area (Å²) in [4.78, 5) is 33.5. The molecule has 0 aromatic carbocycles. The molecule has 1 aliphatic rings. The Morgan fingerprint density at radius 1 is 1.39 bits per heavy atom. The van der Waals surface area contributed by atoms with E-state index in [1.54, 1.807) is 0 Å². The number of amides is 1. The molecule has 2 aromatic heterocycles. The van der Waals surface area contributed by atoms with Gasteiger partial charge in [-0.25, -0.2) is 4.98 Å². The molecule has 1 saturated heterocycles. The van der Waals surface area contributed by atoms with Crippen LogP contribution in [0.2, 0.25) is 0 Å².